The number of carboxylic acid groups (broad SMARTS) is 1. The van der Waals surface area contributed by atoms with Crippen molar-refractivity contribution >= 4 is 12.7 Å². The molecule has 0 aliphatic heterocycles. The fourth-order valence-electron chi connectivity index (χ4n) is 1.32. The zero-order valence-electron chi connectivity index (χ0n) is 9.08. The number of hydrogen-bond donors (Lipinski definition) is 6. The maximum absolute atomic E-state index is 10.8. The monoisotopic (exact) mass is 244 g/mol. The highest BCUT2D eigenvalue weighted by atomic mass is 16.5. The lowest BCUT2D eigenvalue weighted by molar-refractivity contribution is -0.139. The molecule has 1 heterocycles. The molecule has 0 bridgehead atoms. The SMILES string of the molecule is O=C(O)[C@@H](CC[B-](O)(O)O)NCc1cnc[nH]1. The summed E-state index contributed by atoms with van der Waals surface area (Å²) in [6.45, 7) is -3.18. The van der Waals surface area contributed by atoms with Crippen LogP contribution in [0.4, 0.5) is 0 Å². The molecule has 0 fully saturated rings. The lowest BCUT2D eigenvalue weighted by atomic mass is 9.73. The number of rotatable bonds is 7. The number of H-pyrrole nitrogens is 1. The van der Waals surface area contributed by atoms with Gasteiger partial charge >= 0.3 is 12.7 Å². The first-order valence-electron chi connectivity index (χ1n) is 5.15. The summed E-state index contributed by atoms with van der Waals surface area (Å²) in [4.78, 5) is 17.4. The van der Waals surface area contributed by atoms with Gasteiger partial charge < -0.3 is 25.2 Å². The van der Waals surface area contributed by atoms with Gasteiger partial charge in [-0.3, -0.25) is 10.1 Å². The number of carboxylic acids is 1. The Morgan fingerprint density at radius 2 is 2.24 bits per heavy atom. The molecule has 1 aromatic rings. The zero-order chi connectivity index (χ0) is 12.9. The first-order valence-corrected chi connectivity index (χ1v) is 5.15. The third-order valence-electron chi connectivity index (χ3n) is 2.23. The molecule has 0 saturated carbocycles. The van der Waals surface area contributed by atoms with Crippen LogP contribution < -0.4 is 5.32 Å². The number of aliphatic carboxylic acids is 1. The average molecular weight is 244 g/mol. The van der Waals surface area contributed by atoms with Crippen molar-refractivity contribution < 1.29 is 25.0 Å². The number of nitrogens with zero attached hydrogens (tertiary/aromatic N) is 1. The summed E-state index contributed by atoms with van der Waals surface area (Å²) >= 11 is 0. The first kappa shape index (κ1) is 13.6. The Morgan fingerprint density at radius 1 is 1.53 bits per heavy atom. The lowest BCUT2D eigenvalue weighted by Gasteiger charge is -2.22. The van der Waals surface area contributed by atoms with E-state index >= 15 is 0 Å². The van der Waals surface area contributed by atoms with Gasteiger partial charge in [0.05, 0.1) is 6.33 Å². The smallest absolute Gasteiger partial charge is 0.372 e. The normalized spacial score (nSPS) is 13.6. The van der Waals surface area contributed by atoms with Gasteiger partial charge in [-0.15, -0.1) is 0 Å². The van der Waals surface area contributed by atoms with Crippen LogP contribution >= 0.6 is 0 Å². The van der Waals surface area contributed by atoms with E-state index in [-0.39, 0.29) is 13.0 Å². The second-order valence-electron chi connectivity index (χ2n) is 3.82. The highest BCUT2D eigenvalue weighted by Gasteiger charge is 2.22. The second kappa shape index (κ2) is 5.78. The number of aromatic amines is 1. The van der Waals surface area contributed by atoms with Gasteiger partial charge in [-0.1, -0.05) is 12.7 Å². The van der Waals surface area contributed by atoms with E-state index in [9.17, 15) is 4.79 Å². The van der Waals surface area contributed by atoms with Crippen LogP contribution in [0.15, 0.2) is 12.5 Å². The molecular formula is C8H15BN3O5-. The Hall–Kier alpha value is -1.42. The van der Waals surface area contributed by atoms with Crippen LogP contribution in [0.3, 0.4) is 0 Å². The Balaban J connectivity index is 2.41. The van der Waals surface area contributed by atoms with Gasteiger partial charge in [0.2, 0.25) is 0 Å². The summed E-state index contributed by atoms with van der Waals surface area (Å²) in [5.41, 5.74) is 0.713. The standard InChI is InChI=1S/C8H15BN3O5/c13-8(14)7(1-2-9(15,16)17)11-4-6-3-10-5-12-6/h3,5,7,11,15-17H,1-2,4H2,(H,10,12)(H,13,14)/q-1/t7-/m1/s1. The van der Waals surface area contributed by atoms with Crippen molar-refractivity contribution in [3.8, 4) is 0 Å². The Kier molecular flexibility index (Phi) is 4.64. The molecule has 1 rings (SSSR count). The highest BCUT2D eigenvalue weighted by Crippen LogP contribution is 2.06. The van der Waals surface area contributed by atoms with Crippen molar-refractivity contribution in [2.75, 3.05) is 0 Å². The highest BCUT2D eigenvalue weighted by molar-refractivity contribution is 6.56. The number of nitrogens with one attached hydrogen (secondary N) is 2. The Morgan fingerprint density at radius 3 is 2.71 bits per heavy atom. The third-order valence-corrected chi connectivity index (χ3v) is 2.23. The molecule has 0 aromatic carbocycles. The number of carbonyl (C=O) groups is 1. The predicted octanol–water partition coefficient (Wildman–Crippen LogP) is -1.74. The van der Waals surface area contributed by atoms with Crippen LogP contribution in [0.25, 0.3) is 0 Å². The summed E-state index contributed by atoms with van der Waals surface area (Å²) in [6.07, 6.45) is 2.53. The fraction of sp³-hybridized carbons (Fsp3) is 0.500. The molecule has 1 aromatic heterocycles. The minimum atomic E-state index is -3.45. The summed E-state index contributed by atoms with van der Waals surface area (Å²) in [7, 11) is 0. The molecule has 0 radical (unpaired) electrons. The third kappa shape index (κ3) is 5.45. The van der Waals surface area contributed by atoms with Crippen LogP contribution in [0.2, 0.25) is 6.32 Å². The number of aromatic nitrogens is 2. The Labute approximate surface area is 97.3 Å². The number of hydrogen-bond acceptors (Lipinski definition) is 6. The molecule has 96 valence electrons. The molecule has 6 N–H and O–H groups in total. The molecular weight excluding hydrogens is 229 g/mol. The quantitative estimate of drug-likeness (QED) is 0.313. The van der Waals surface area contributed by atoms with Crippen molar-refractivity contribution in [1.82, 2.24) is 15.3 Å². The summed E-state index contributed by atoms with van der Waals surface area (Å²) in [5.74, 6) is -1.12. The van der Waals surface area contributed by atoms with Crippen molar-refractivity contribution in [3.05, 3.63) is 18.2 Å². The topological polar surface area (TPSA) is 139 Å². The largest absolute Gasteiger partial charge is 0.560 e. The maximum Gasteiger partial charge on any atom is 0.372 e. The molecule has 9 heteroatoms. The average Bonchev–Trinajstić information content (AvgIpc) is 2.68. The maximum atomic E-state index is 10.8. The van der Waals surface area contributed by atoms with E-state index in [1.807, 2.05) is 0 Å². The molecule has 17 heavy (non-hydrogen) atoms. The van der Waals surface area contributed by atoms with Crippen molar-refractivity contribution in [2.45, 2.75) is 25.3 Å². The zero-order valence-corrected chi connectivity index (χ0v) is 9.08. The van der Waals surface area contributed by atoms with Crippen LogP contribution in [0.5, 0.6) is 0 Å². The molecule has 0 unspecified atom stereocenters. The molecule has 0 saturated heterocycles. The summed E-state index contributed by atoms with van der Waals surface area (Å²) in [5, 5.41) is 37.8. The van der Waals surface area contributed by atoms with Crippen molar-refractivity contribution in [3.63, 3.8) is 0 Å². The van der Waals surface area contributed by atoms with Crippen LogP contribution in [0, 0.1) is 0 Å². The van der Waals surface area contributed by atoms with E-state index in [0.29, 0.717) is 5.69 Å². The van der Waals surface area contributed by atoms with Crippen LogP contribution in [-0.4, -0.2) is 48.9 Å². The van der Waals surface area contributed by atoms with Gasteiger partial charge in [0.15, 0.2) is 0 Å². The van der Waals surface area contributed by atoms with Gasteiger partial charge in [-0.2, -0.15) is 0 Å². The van der Waals surface area contributed by atoms with E-state index in [1.54, 1.807) is 6.20 Å². The van der Waals surface area contributed by atoms with Gasteiger partial charge in [0.1, 0.15) is 6.04 Å². The molecule has 8 nitrogen and oxygen atoms in total. The van der Waals surface area contributed by atoms with E-state index in [4.69, 9.17) is 20.2 Å². The van der Waals surface area contributed by atoms with Gasteiger partial charge in [-0.25, -0.2) is 4.98 Å². The second-order valence-corrected chi connectivity index (χ2v) is 3.82. The minimum Gasteiger partial charge on any atom is -0.560 e. The van der Waals surface area contributed by atoms with Crippen LogP contribution in [0.1, 0.15) is 12.1 Å². The Bertz CT molecular complexity index is 351. The molecule has 0 aliphatic carbocycles. The van der Waals surface area contributed by atoms with E-state index in [2.05, 4.69) is 15.3 Å². The van der Waals surface area contributed by atoms with Gasteiger partial charge in [0, 0.05) is 18.4 Å². The molecule has 0 spiro atoms. The van der Waals surface area contributed by atoms with Crippen molar-refractivity contribution in [2.24, 2.45) is 0 Å². The van der Waals surface area contributed by atoms with E-state index in [1.165, 1.54) is 6.33 Å². The summed E-state index contributed by atoms with van der Waals surface area (Å²) in [6, 6.07) is -0.967. The minimum absolute atomic E-state index is 0.0903. The lowest BCUT2D eigenvalue weighted by Crippen LogP contribution is -2.41. The van der Waals surface area contributed by atoms with E-state index < -0.39 is 25.1 Å². The van der Waals surface area contributed by atoms with Gasteiger partial charge in [0.25, 0.3) is 0 Å². The number of imidazole rings is 1. The fourth-order valence-corrected chi connectivity index (χ4v) is 1.32. The van der Waals surface area contributed by atoms with Crippen molar-refractivity contribution in [1.29, 1.82) is 0 Å². The molecule has 0 aliphatic rings. The predicted molar refractivity (Wildman–Crippen MR) is 58.7 cm³/mol. The van der Waals surface area contributed by atoms with Crippen LogP contribution in [-0.2, 0) is 11.3 Å². The molecule has 1 atom stereocenters. The summed E-state index contributed by atoms with van der Waals surface area (Å²) < 4.78 is 0. The first-order chi connectivity index (χ1) is 7.88. The van der Waals surface area contributed by atoms with Gasteiger partial charge in [-0.05, 0) is 0 Å². The van der Waals surface area contributed by atoms with E-state index in [0.717, 1.165) is 0 Å². The molecule has 0 amide bonds.